The molecule has 0 aliphatic rings. The second-order valence-corrected chi connectivity index (χ2v) is 4.11. The van der Waals surface area contributed by atoms with Gasteiger partial charge in [-0.15, -0.1) is 0 Å². The number of aryl methyl sites for hydroxylation is 2. The smallest absolute Gasteiger partial charge is 0.128 e. The third kappa shape index (κ3) is 2.86. The maximum atomic E-state index is 4.20. The zero-order valence-corrected chi connectivity index (χ0v) is 9.81. The summed E-state index contributed by atoms with van der Waals surface area (Å²) < 4.78 is 1.15. The Bertz CT molecular complexity index is 429. The van der Waals surface area contributed by atoms with Crippen molar-refractivity contribution in [3.63, 3.8) is 0 Å². The summed E-state index contributed by atoms with van der Waals surface area (Å²) in [5, 5.41) is 0. The normalized spacial score (nSPS) is 10.2. The molecule has 0 amide bonds. The van der Waals surface area contributed by atoms with Crippen molar-refractivity contribution in [2.24, 2.45) is 0 Å². The fourth-order valence-corrected chi connectivity index (χ4v) is 1.89. The summed E-state index contributed by atoms with van der Waals surface area (Å²) in [7, 11) is 0. The molecule has 0 atom stereocenters. The summed E-state index contributed by atoms with van der Waals surface area (Å²) in [5.41, 5.74) is 1.30. The first-order chi connectivity index (χ1) is 7.36. The Morgan fingerprint density at radius 3 is 2.40 bits per heavy atom. The van der Waals surface area contributed by atoms with E-state index < -0.39 is 0 Å². The van der Waals surface area contributed by atoms with Crippen LogP contribution in [0.3, 0.4) is 0 Å². The van der Waals surface area contributed by atoms with Gasteiger partial charge in [-0.05, 0) is 24.1 Å². The predicted octanol–water partition coefficient (Wildman–Crippen LogP) is 3.02. The molecule has 3 heteroatoms. The van der Waals surface area contributed by atoms with Crippen LogP contribution in [0.5, 0.6) is 0 Å². The second kappa shape index (κ2) is 5.03. The topological polar surface area (TPSA) is 25.8 Å². The third-order valence-electron chi connectivity index (χ3n) is 2.20. The second-order valence-electron chi connectivity index (χ2n) is 3.26. The van der Waals surface area contributed by atoms with Gasteiger partial charge in [0, 0.05) is 23.3 Å². The minimum atomic E-state index is 0.878. The van der Waals surface area contributed by atoms with Crippen LogP contribution in [0.25, 0.3) is 0 Å². The third-order valence-corrected chi connectivity index (χ3v) is 2.97. The molecule has 0 spiro atoms. The van der Waals surface area contributed by atoms with Crippen LogP contribution in [0.1, 0.15) is 11.4 Å². The maximum absolute atomic E-state index is 4.20. The van der Waals surface area contributed by atoms with E-state index >= 15 is 0 Å². The first-order valence-corrected chi connectivity index (χ1v) is 5.65. The molecule has 2 aromatic rings. The summed E-state index contributed by atoms with van der Waals surface area (Å²) in [6.45, 7) is 0. The molecule has 15 heavy (non-hydrogen) atoms. The Morgan fingerprint density at radius 1 is 0.933 bits per heavy atom. The fourth-order valence-electron chi connectivity index (χ4n) is 1.41. The van der Waals surface area contributed by atoms with Gasteiger partial charge in [0.1, 0.15) is 5.82 Å². The molecule has 2 nitrogen and oxygen atoms in total. The Hall–Kier alpha value is -1.22. The zero-order valence-electron chi connectivity index (χ0n) is 8.23. The van der Waals surface area contributed by atoms with E-state index in [2.05, 4.69) is 38.0 Å². The van der Waals surface area contributed by atoms with E-state index in [0.717, 1.165) is 23.1 Å². The molecule has 0 bridgehead atoms. The molecule has 1 aromatic heterocycles. The molecule has 76 valence electrons. The molecule has 0 fully saturated rings. The van der Waals surface area contributed by atoms with E-state index in [0.29, 0.717) is 0 Å². The van der Waals surface area contributed by atoms with Gasteiger partial charge in [-0.3, -0.25) is 0 Å². The zero-order chi connectivity index (χ0) is 10.5. The SMILES string of the molecule is Brc1ccccc1CCc1ncccn1. The fraction of sp³-hybridized carbons (Fsp3) is 0.167. The molecule has 0 unspecified atom stereocenters. The molecule has 1 heterocycles. The van der Waals surface area contributed by atoms with Crippen molar-refractivity contribution < 1.29 is 0 Å². The Morgan fingerprint density at radius 2 is 1.67 bits per heavy atom. The Kier molecular flexibility index (Phi) is 3.45. The summed E-state index contributed by atoms with van der Waals surface area (Å²) in [4.78, 5) is 8.39. The summed E-state index contributed by atoms with van der Waals surface area (Å²) in [5.74, 6) is 0.897. The van der Waals surface area contributed by atoms with Crippen molar-refractivity contribution in [1.82, 2.24) is 9.97 Å². The molecular weight excluding hydrogens is 252 g/mol. The van der Waals surface area contributed by atoms with Gasteiger partial charge in [0.2, 0.25) is 0 Å². The Labute approximate surface area is 97.5 Å². The van der Waals surface area contributed by atoms with E-state index in [1.54, 1.807) is 12.4 Å². The number of benzene rings is 1. The number of aromatic nitrogens is 2. The molecule has 0 N–H and O–H groups in total. The van der Waals surface area contributed by atoms with E-state index in [1.807, 2.05) is 18.2 Å². The number of hydrogen-bond donors (Lipinski definition) is 0. The highest BCUT2D eigenvalue weighted by atomic mass is 79.9. The average molecular weight is 263 g/mol. The molecule has 2 rings (SSSR count). The lowest BCUT2D eigenvalue weighted by atomic mass is 10.1. The average Bonchev–Trinajstić information content (AvgIpc) is 2.29. The first-order valence-electron chi connectivity index (χ1n) is 4.85. The van der Waals surface area contributed by atoms with Gasteiger partial charge in [0.15, 0.2) is 0 Å². The molecule has 0 aliphatic carbocycles. The highest BCUT2D eigenvalue weighted by Gasteiger charge is 2.00. The predicted molar refractivity (Wildman–Crippen MR) is 63.6 cm³/mol. The van der Waals surface area contributed by atoms with Crippen LogP contribution in [-0.2, 0) is 12.8 Å². The van der Waals surface area contributed by atoms with Crippen LogP contribution in [0.4, 0.5) is 0 Å². The van der Waals surface area contributed by atoms with Gasteiger partial charge in [-0.25, -0.2) is 9.97 Å². The van der Waals surface area contributed by atoms with Crippen LogP contribution in [0, 0.1) is 0 Å². The minimum absolute atomic E-state index is 0.878. The molecule has 0 radical (unpaired) electrons. The summed E-state index contributed by atoms with van der Waals surface area (Å²) in [6, 6.07) is 10.1. The van der Waals surface area contributed by atoms with Gasteiger partial charge in [-0.2, -0.15) is 0 Å². The van der Waals surface area contributed by atoms with Crippen molar-refractivity contribution >= 4 is 15.9 Å². The van der Waals surface area contributed by atoms with Crippen molar-refractivity contribution in [2.45, 2.75) is 12.8 Å². The largest absolute Gasteiger partial charge is 0.241 e. The standard InChI is InChI=1S/C12H11BrN2/c13-11-5-2-1-4-10(11)6-7-12-14-8-3-9-15-12/h1-5,8-9H,6-7H2. The molecular formula is C12H11BrN2. The van der Waals surface area contributed by atoms with Gasteiger partial charge in [0.25, 0.3) is 0 Å². The monoisotopic (exact) mass is 262 g/mol. The summed E-state index contributed by atoms with van der Waals surface area (Å²) in [6.07, 6.45) is 5.40. The number of hydrogen-bond acceptors (Lipinski definition) is 2. The van der Waals surface area contributed by atoms with Crippen LogP contribution in [-0.4, -0.2) is 9.97 Å². The van der Waals surface area contributed by atoms with Crippen molar-refractivity contribution in [1.29, 1.82) is 0 Å². The molecule has 0 aliphatic heterocycles. The van der Waals surface area contributed by atoms with Crippen LogP contribution in [0.15, 0.2) is 47.2 Å². The lowest BCUT2D eigenvalue weighted by molar-refractivity contribution is 0.855. The number of halogens is 1. The highest BCUT2D eigenvalue weighted by Crippen LogP contribution is 2.17. The number of rotatable bonds is 3. The first kappa shape index (κ1) is 10.3. The van der Waals surface area contributed by atoms with Gasteiger partial charge in [0.05, 0.1) is 0 Å². The van der Waals surface area contributed by atoms with E-state index in [4.69, 9.17) is 0 Å². The molecule has 0 saturated carbocycles. The Balaban J connectivity index is 2.03. The van der Waals surface area contributed by atoms with Gasteiger partial charge in [-0.1, -0.05) is 34.1 Å². The van der Waals surface area contributed by atoms with E-state index in [-0.39, 0.29) is 0 Å². The minimum Gasteiger partial charge on any atom is -0.241 e. The van der Waals surface area contributed by atoms with Gasteiger partial charge < -0.3 is 0 Å². The summed E-state index contributed by atoms with van der Waals surface area (Å²) >= 11 is 3.53. The van der Waals surface area contributed by atoms with Crippen molar-refractivity contribution in [3.05, 3.63) is 58.6 Å². The lowest BCUT2D eigenvalue weighted by Crippen LogP contribution is -1.97. The van der Waals surface area contributed by atoms with E-state index in [1.165, 1.54) is 5.56 Å². The van der Waals surface area contributed by atoms with E-state index in [9.17, 15) is 0 Å². The van der Waals surface area contributed by atoms with Crippen molar-refractivity contribution in [3.8, 4) is 0 Å². The maximum Gasteiger partial charge on any atom is 0.128 e. The van der Waals surface area contributed by atoms with Crippen LogP contribution < -0.4 is 0 Å². The number of nitrogens with zero attached hydrogens (tertiary/aromatic N) is 2. The quantitative estimate of drug-likeness (QED) is 0.850. The molecule has 0 saturated heterocycles. The van der Waals surface area contributed by atoms with Crippen LogP contribution in [0.2, 0.25) is 0 Å². The molecule has 1 aromatic carbocycles. The van der Waals surface area contributed by atoms with Gasteiger partial charge >= 0.3 is 0 Å². The lowest BCUT2D eigenvalue weighted by Gasteiger charge is -2.02. The van der Waals surface area contributed by atoms with Crippen molar-refractivity contribution in [2.75, 3.05) is 0 Å². The van der Waals surface area contributed by atoms with Crippen LogP contribution >= 0.6 is 15.9 Å². The highest BCUT2D eigenvalue weighted by molar-refractivity contribution is 9.10.